The molecule has 178 valence electrons. The van der Waals surface area contributed by atoms with Crippen molar-refractivity contribution < 1.29 is 17.7 Å². The van der Waals surface area contributed by atoms with E-state index in [4.69, 9.17) is 20.9 Å². The number of ether oxygens (including phenoxy) is 1. The van der Waals surface area contributed by atoms with Crippen molar-refractivity contribution in [1.82, 2.24) is 34.9 Å². The molecule has 0 saturated heterocycles. The van der Waals surface area contributed by atoms with E-state index < -0.39 is 21.4 Å². The summed E-state index contributed by atoms with van der Waals surface area (Å²) in [6.45, 7) is 3.54. The van der Waals surface area contributed by atoms with E-state index in [9.17, 15) is 8.42 Å². The molecule has 0 saturated carbocycles. The van der Waals surface area contributed by atoms with Gasteiger partial charge in [0.25, 0.3) is 0 Å². The van der Waals surface area contributed by atoms with E-state index in [1.807, 2.05) is 13.0 Å². The maximum atomic E-state index is 13.3. The normalized spacial score (nSPS) is 13.5. The molecular weight excluding hydrogens is 484 g/mol. The van der Waals surface area contributed by atoms with Crippen molar-refractivity contribution in [1.29, 1.82) is 0 Å². The molecule has 0 fully saturated rings. The lowest BCUT2D eigenvalue weighted by Crippen LogP contribution is -2.33. The van der Waals surface area contributed by atoms with Gasteiger partial charge in [0.15, 0.2) is 11.6 Å². The molecule has 4 aromatic rings. The monoisotopic (exact) mass is 504 g/mol. The van der Waals surface area contributed by atoms with Gasteiger partial charge in [-0.05, 0) is 25.5 Å². The summed E-state index contributed by atoms with van der Waals surface area (Å²) in [6.07, 6.45) is 6.54. The number of halogens is 1. The van der Waals surface area contributed by atoms with Crippen molar-refractivity contribution in [2.45, 2.75) is 31.7 Å². The fourth-order valence-corrected chi connectivity index (χ4v) is 4.51. The van der Waals surface area contributed by atoms with Crippen molar-refractivity contribution in [3.63, 3.8) is 0 Å². The molecule has 14 heteroatoms. The molecule has 1 N–H and O–H groups in total. The third-order valence-electron chi connectivity index (χ3n) is 4.99. The highest BCUT2D eigenvalue weighted by molar-refractivity contribution is 7.93. The minimum absolute atomic E-state index is 0.00164. The van der Waals surface area contributed by atoms with Crippen LogP contribution < -0.4 is 4.72 Å². The summed E-state index contributed by atoms with van der Waals surface area (Å²) in [7, 11) is -2.65. The van der Waals surface area contributed by atoms with Gasteiger partial charge in [0.2, 0.25) is 16.0 Å². The Labute approximate surface area is 200 Å². The number of hydrogen-bond acceptors (Lipinski definition) is 10. The maximum absolute atomic E-state index is 13.3. The lowest BCUT2D eigenvalue weighted by Gasteiger charge is -2.22. The number of pyridine rings is 1. The average molecular weight is 505 g/mol. The second kappa shape index (κ2) is 9.83. The van der Waals surface area contributed by atoms with E-state index in [0.717, 1.165) is 5.56 Å². The van der Waals surface area contributed by atoms with E-state index >= 15 is 0 Å². The van der Waals surface area contributed by atoms with Crippen LogP contribution in [0.15, 0.2) is 47.7 Å². The third kappa shape index (κ3) is 5.05. The van der Waals surface area contributed by atoms with Crippen LogP contribution in [-0.4, -0.2) is 55.7 Å². The van der Waals surface area contributed by atoms with Crippen LogP contribution >= 0.6 is 11.6 Å². The lowest BCUT2D eigenvalue weighted by atomic mass is 10.2. The number of aryl methyl sites for hydroxylation is 1. The van der Waals surface area contributed by atoms with Crippen LogP contribution in [0.2, 0.25) is 5.02 Å². The zero-order valence-corrected chi connectivity index (χ0v) is 20.0. The summed E-state index contributed by atoms with van der Waals surface area (Å²) in [5.74, 6) is 0.590. The Morgan fingerprint density at radius 2 is 1.97 bits per heavy atom. The molecule has 2 atom stereocenters. The summed E-state index contributed by atoms with van der Waals surface area (Å²) < 4.78 is 41.0. The number of anilines is 1. The van der Waals surface area contributed by atoms with E-state index in [1.54, 1.807) is 23.0 Å². The minimum Gasteiger partial charge on any atom is -0.372 e. The van der Waals surface area contributed by atoms with Gasteiger partial charge in [-0.2, -0.15) is 0 Å². The number of hydrogen-bond donors (Lipinski definition) is 1. The summed E-state index contributed by atoms with van der Waals surface area (Å²) in [6, 6.07) is 3.54. The molecular formula is C20H21ClN8O4S. The Balaban J connectivity index is 1.68. The van der Waals surface area contributed by atoms with E-state index in [2.05, 4.69) is 35.0 Å². The maximum Gasteiger partial charge on any atom is 0.240 e. The van der Waals surface area contributed by atoms with Crippen molar-refractivity contribution in [2.75, 3.05) is 11.8 Å². The van der Waals surface area contributed by atoms with Gasteiger partial charge in [-0.1, -0.05) is 16.8 Å². The molecule has 0 aliphatic rings. The average Bonchev–Trinajstić information content (AvgIpc) is 3.46. The molecule has 4 rings (SSSR count). The zero-order chi connectivity index (χ0) is 24.3. The van der Waals surface area contributed by atoms with Crippen molar-refractivity contribution >= 4 is 27.6 Å². The SMILES string of the molecule is CO[C@H](c1ncc(Cl)cn1)[C@H](C)S(=O)(=O)Nc1nnc(-c2cncc(C)c2)n1Cc1ccon1. The van der Waals surface area contributed by atoms with Gasteiger partial charge in [-0.15, -0.1) is 10.2 Å². The Morgan fingerprint density at radius 1 is 1.21 bits per heavy atom. The smallest absolute Gasteiger partial charge is 0.240 e. The first-order valence-electron chi connectivity index (χ1n) is 10.0. The Kier molecular flexibility index (Phi) is 6.86. The number of sulfonamides is 1. The first-order valence-corrected chi connectivity index (χ1v) is 12.0. The number of aromatic nitrogens is 7. The molecule has 12 nitrogen and oxygen atoms in total. The molecule has 0 bridgehead atoms. The van der Waals surface area contributed by atoms with Gasteiger partial charge in [0, 0.05) is 43.5 Å². The Morgan fingerprint density at radius 3 is 2.62 bits per heavy atom. The summed E-state index contributed by atoms with van der Waals surface area (Å²) in [5.41, 5.74) is 2.13. The topological polar surface area (TPSA) is 151 Å². The molecule has 0 aliphatic carbocycles. The van der Waals surface area contributed by atoms with Gasteiger partial charge in [-0.3, -0.25) is 14.3 Å². The molecule has 0 amide bonds. The molecule has 0 spiro atoms. The van der Waals surface area contributed by atoms with Crippen LogP contribution in [0.3, 0.4) is 0 Å². The Bertz CT molecular complexity index is 1360. The molecule has 34 heavy (non-hydrogen) atoms. The Hall–Kier alpha value is -3.42. The van der Waals surface area contributed by atoms with Crippen LogP contribution in [0, 0.1) is 6.92 Å². The fourth-order valence-electron chi connectivity index (χ4n) is 3.26. The second-order valence-electron chi connectivity index (χ2n) is 7.44. The summed E-state index contributed by atoms with van der Waals surface area (Å²) in [5, 5.41) is 11.4. The molecule has 4 aromatic heterocycles. The van der Waals surface area contributed by atoms with Gasteiger partial charge in [0.1, 0.15) is 23.3 Å². The third-order valence-corrected chi connectivity index (χ3v) is 6.88. The lowest BCUT2D eigenvalue weighted by molar-refractivity contribution is 0.0950. The minimum atomic E-state index is -4.03. The quantitative estimate of drug-likeness (QED) is 0.360. The van der Waals surface area contributed by atoms with Crippen molar-refractivity contribution in [3.8, 4) is 11.4 Å². The standard InChI is InChI=1S/C20H21ClN8O4S/c1-12-6-14(8-22-7-12)19-25-26-20(29(19)11-16-4-5-33-27-16)28-34(30,31)13(2)17(32-3)18-23-9-15(21)10-24-18/h4-10,13,17H,11H2,1-3H3,(H,26,28)/t13-,17-/m0/s1. The molecule has 0 aliphatic heterocycles. The van der Waals surface area contributed by atoms with Crippen LogP contribution in [0.1, 0.15) is 30.1 Å². The molecule has 4 heterocycles. The molecule has 0 unspecified atom stereocenters. The highest BCUT2D eigenvalue weighted by Crippen LogP contribution is 2.27. The molecule has 0 radical (unpaired) electrons. The number of rotatable bonds is 9. The van der Waals surface area contributed by atoms with E-state index in [1.165, 1.54) is 32.7 Å². The van der Waals surface area contributed by atoms with Gasteiger partial charge < -0.3 is 9.26 Å². The summed E-state index contributed by atoms with van der Waals surface area (Å²) >= 11 is 5.84. The molecule has 0 aromatic carbocycles. The first kappa shape index (κ1) is 23.7. The van der Waals surface area contributed by atoms with Gasteiger partial charge >= 0.3 is 0 Å². The zero-order valence-electron chi connectivity index (χ0n) is 18.5. The van der Waals surface area contributed by atoms with Crippen LogP contribution in [0.25, 0.3) is 11.4 Å². The van der Waals surface area contributed by atoms with Gasteiger partial charge in [-0.25, -0.2) is 18.4 Å². The predicted molar refractivity (Wildman–Crippen MR) is 122 cm³/mol. The number of nitrogens with one attached hydrogen (secondary N) is 1. The van der Waals surface area contributed by atoms with Crippen LogP contribution in [0.4, 0.5) is 5.95 Å². The van der Waals surface area contributed by atoms with Crippen LogP contribution in [0.5, 0.6) is 0 Å². The van der Waals surface area contributed by atoms with E-state index in [-0.39, 0.29) is 18.3 Å². The first-order chi connectivity index (χ1) is 16.3. The van der Waals surface area contributed by atoms with Crippen molar-refractivity contribution in [2.24, 2.45) is 0 Å². The highest BCUT2D eigenvalue weighted by Gasteiger charge is 2.34. The predicted octanol–water partition coefficient (Wildman–Crippen LogP) is 2.65. The van der Waals surface area contributed by atoms with E-state index in [0.29, 0.717) is 22.1 Å². The number of nitrogens with zero attached hydrogens (tertiary/aromatic N) is 7. The number of methoxy groups -OCH3 is 1. The van der Waals surface area contributed by atoms with Gasteiger partial charge in [0.05, 0.1) is 11.6 Å². The summed E-state index contributed by atoms with van der Waals surface area (Å²) in [4.78, 5) is 12.4. The van der Waals surface area contributed by atoms with Crippen molar-refractivity contribution in [3.05, 3.63) is 65.3 Å². The fraction of sp³-hybridized carbons (Fsp3) is 0.300. The highest BCUT2D eigenvalue weighted by atomic mass is 35.5. The van der Waals surface area contributed by atoms with Crippen LogP contribution in [-0.2, 0) is 21.3 Å². The largest absolute Gasteiger partial charge is 0.372 e. The second-order valence-corrected chi connectivity index (χ2v) is 9.92.